The van der Waals surface area contributed by atoms with Crippen LogP contribution in [0.1, 0.15) is 39.0 Å². The molecule has 1 atom stereocenters. The van der Waals surface area contributed by atoms with Gasteiger partial charge in [0.2, 0.25) is 5.91 Å². The number of nitrogens with two attached hydrogens (primary N) is 1. The zero-order valence-corrected chi connectivity index (χ0v) is 11.7. The standard InChI is InChI=1S/C12H23N3O2S/c1-9(7-13)18-8-11(16)15-12(17)14-10-5-3-2-4-6-10/h9-10H,2-8,13H2,1H3,(H2,14,15,16,17). The maximum atomic E-state index is 11.6. The number of hydrogen-bond acceptors (Lipinski definition) is 4. The molecule has 1 rings (SSSR count). The van der Waals surface area contributed by atoms with Crippen LogP contribution >= 0.6 is 11.8 Å². The first-order chi connectivity index (χ1) is 8.61. The normalized spacial score (nSPS) is 18.1. The zero-order chi connectivity index (χ0) is 13.4. The monoisotopic (exact) mass is 273 g/mol. The lowest BCUT2D eigenvalue weighted by molar-refractivity contribution is -0.117. The summed E-state index contributed by atoms with van der Waals surface area (Å²) in [5, 5.41) is 5.44. The topological polar surface area (TPSA) is 84.2 Å². The number of hydrogen-bond donors (Lipinski definition) is 3. The first-order valence-electron chi connectivity index (χ1n) is 6.54. The van der Waals surface area contributed by atoms with Gasteiger partial charge in [-0.2, -0.15) is 0 Å². The van der Waals surface area contributed by atoms with Gasteiger partial charge < -0.3 is 11.1 Å². The van der Waals surface area contributed by atoms with Crippen molar-refractivity contribution in [1.82, 2.24) is 10.6 Å². The Bertz CT molecular complexity index is 280. The minimum atomic E-state index is -0.368. The summed E-state index contributed by atoms with van der Waals surface area (Å²) < 4.78 is 0. The lowest BCUT2D eigenvalue weighted by Gasteiger charge is -2.22. The molecule has 3 amide bonds. The van der Waals surface area contributed by atoms with Crippen molar-refractivity contribution in [3.63, 3.8) is 0 Å². The van der Waals surface area contributed by atoms with Gasteiger partial charge in [0.15, 0.2) is 0 Å². The van der Waals surface area contributed by atoms with Gasteiger partial charge in [-0.05, 0) is 12.8 Å². The van der Waals surface area contributed by atoms with Gasteiger partial charge >= 0.3 is 6.03 Å². The van der Waals surface area contributed by atoms with Crippen LogP contribution in [0.3, 0.4) is 0 Å². The summed E-state index contributed by atoms with van der Waals surface area (Å²) in [6, 6.07) is -0.143. The van der Waals surface area contributed by atoms with Crippen molar-refractivity contribution in [3.8, 4) is 0 Å². The summed E-state index contributed by atoms with van der Waals surface area (Å²) >= 11 is 1.46. The van der Waals surface area contributed by atoms with Gasteiger partial charge in [0.1, 0.15) is 0 Å². The van der Waals surface area contributed by atoms with E-state index in [0.29, 0.717) is 6.54 Å². The smallest absolute Gasteiger partial charge is 0.321 e. The second-order valence-electron chi connectivity index (χ2n) is 4.71. The fraction of sp³-hybridized carbons (Fsp3) is 0.833. The Morgan fingerprint density at radius 3 is 2.61 bits per heavy atom. The van der Waals surface area contributed by atoms with Crippen LogP contribution in [0.15, 0.2) is 0 Å². The van der Waals surface area contributed by atoms with Crippen molar-refractivity contribution in [2.45, 2.75) is 50.3 Å². The van der Waals surface area contributed by atoms with E-state index in [1.165, 1.54) is 18.2 Å². The second-order valence-corrected chi connectivity index (χ2v) is 6.14. The van der Waals surface area contributed by atoms with Crippen LogP contribution in [0.2, 0.25) is 0 Å². The maximum Gasteiger partial charge on any atom is 0.321 e. The number of nitrogens with one attached hydrogen (secondary N) is 2. The Labute approximate surface area is 113 Å². The Hall–Kier alpha value is -0.750. The van der Waals surface area contributed by atoms with Crippen LogP contribution in [0, 0.1) is 0 Å². The minimum Gasteiger partial charge on any atom is -0.335 e. The van der Waals surface area contributed by atoms with Gasteiger partial charge in [-0.1, -0.05) is 26.2 Å². The molecule has 1 unspecified atom stereocenters. The number of thioether (sulfide) groups is 1. The highest BCUT2D eigenvalue weighted by Crippen LogP contribution is 2.17. The minimum absolute atomic E-state index is 0.224. The number of urea groups is 1. The highest BCUT2D eigenvalue weighted by molar-refractivity contribution is 8.00. The first kappa shape index (κ1) is 15.3. The van der Waals surface area contributed by atoms with E-state index < -0.39 is 0 Å². The molecule has 0 aliphatic heterocycles. The second kappa shape index (κ2) is 8.37. The Morgan fingerprint density at radius 1 is 1.33 bits per heavy atom. The fourth-order valence-corrected chi connectivity index (χ4v) is 2.56. The van der Waals surface area contributed by atoms with Crippen molar-refractivity contribution in [2.24, 2.45) is 5.73 Å². The summed E-state index contributed by atoms with van der Waals surface area (Å²) in [6.07, 6.45) is 5.58. The van der Waals surface area contributed by atoms with Crippen molar-refractivity contribution in [3.05, 3.63) is 0 Å². The van der Waals surface area contributed by atoms with E-state index in [2.05, 4.69) is 10.6 Å². The summed E-state index contributed by atoms with van der Waals surface area (Å²) in [7, 11) is 0. The van der Waals surface area contributed by atoms with E-state index >= 15 is 0 Å². The molecular formula is C12H23N3O2S. The molecule has 1 fully saturated rings. The summed E-state index contributed by atoms with van der Waals surface area (Å²) in [5.41, 5.74) is 5.45. The molecule has 104 valence electrons. The molecule has 0 heterocycles. The van der Waals surface area contributed by atoms with Crippen molar-refractivity contribution in [2.75, 3.05) is 12.3 Å². The fourth-order valence-electron chi connectivity index (χ4n) is 1.92. The third-order valence-corrected chi connectivity index (χ3v) is 4.21. The molecule has 4 N–H and O–H groups in total. The lowest BCUT2D eigenvalue weighted by atomic mass is 9.96. The molecule has 0 saturated heterocycles. The summed E-state index contributed by atoms with van der Waals surface area (Å²) in [5.74, 6) is 0.0183. The number of carbonyl (C=O) groups is 2. The van der Waals surface area contributed by atoms with E-state index in [1.807, 2.05) is 6.92 Å². The highest BCUT2D eigenvalue weighted by Gasteiger charge is 2.17. The van der Waals surface area contributed by atoms with E-state index in [0.717, 1.165) is 25.7 Å². The molecule has 1 saturated carbocycles. The van der Waals surface area contributed by atoms with Crippen LogP contribution < -0.4 is 16.4 Å². The summed E-state index contributed by atoms with van der Waals surface area (Å²) in [6.45, 7) is 2.49. The van der Waals surface area contributed by atoms with Crippen molar-refractivity contribution >= 4 is 23.7 Å². The quantitative estimate of drug-likeness (QED) is 0.703. The van der Waals surface area contributed by atoms with E-state index in [9.17, 15) is 9.59 Å². The van der Waals surface area contributed by atoms with Gasteiger partial charge in [-0.3, -0.25) is 10.1 Å². The molecular weight excluding hydrogens is 250 g/mol. The predicted octanol–water partition coefficient (Wildman–Crippen LogP) is 1.23. The molecule has 0 spiro atoms. The van der Waals surface area contributed by atoms with Crippen LogP contribution in [0.4, 0.5) is 4.79 Å². The van der Waals surface area contributed by atoms with Crippen molar-refractivity contribution < 1.29 is 9.59 Å². The average molecular weight is 273 g/mol. The van der Waals surface area contributed by atoms with Crippen LogP contribution in [-0.2, 0) is 4.79 Å². The predicted molar refractivity (Wildman–Crippen MR) is 74.5 cm³/mol. The zero-order valence-electron chi connectivity index (χ0n) is 10.9. The molecule has 18 heavy (non-hydrogen) atoms. The third-order valence-electron chi connectivity index (χ3n) is 3.02. The molecule has 1 aliphatic rings. The Morgan fingerprint density at radius 2 is 2.00 bits per heavy atom. The van der Waals surface area contributed by atoms with Gasteiger partial charge in [0.05, 0.1) is 5.75 Å². The van der Waals surface area contributed by atoms with Gasteiger partial charge in [-0.25, -0.2) is 4.79 Å². The van der Waals surface area contributed by atoms with Crippen molar-refractivity contribution in [1.29, 1.82) is 0 Å². The van der Waals surface area contributed by atoms with E-state index in [4.69, 9.17) is 5.73 Å². The maximum absolute atomic E-state index is 11.6. The molecule has 0 bridgehead atoms. The molecule has 0 aromatic carbocycles. The largest absolute Gasteiger partial charge is 0.335 e. The number of carbonyl (C=O) groups excluding carboxylic acids is 2. The van der Waals surface area contributed by atoms with E-state index in [-0.39, 0.29) is 29.0 Å². The molecule has 0 aromatic rings. The SMILES string of the molecule is CC(CN)SCC(=O)NC(=O)NC1CCCCC1. The van der Waals surface area contributed by atoms with Crippen LogP contribution in [0.5, 0.6) is 0 Å². The molecule has 1 aliphatic carbocycles. The van der Waals surface area contributed by atoms with Crippen LogP contribution in [-0.4, -0.2) is 35.5 Å². The highest BCUT2D eigenvalue weighted by atomic mass is 32.2. The number of amides is 3. The van der Waals surface area contributed by atoms with Gasteiger partial charge in [0, 0.05) is 17.8 Å². The molecule has 0 aromatic heterocycles. The Balaban J connectivity index is 2.16. The van der Waals surface area contributed by atoms with E-state index in [1.54, 1.807) is 0 Å². The molecule has 6 heteroatoms. The lowest BCUT2D eigenvalue weighted by Crippen LogP contribution is -2.45. The molecule has 0 radical (unpaired) electrons. The Kier molecular flexibility index (Phi) is 7.12. The molecule has 5 nitrogen and oxygen atoms in total. The number of imide groups is 1. The van der Waals surface area contributed by atoms with Crippen LogP contribution in [0.25, 0.3) is 0 Å². The average Bonchev–Trinajstić information content (AvgIpc) is 2.37. The van der Waals surface area contributed by atoms with Gasteiger partial charge in [-0.15, -0.1) is 11.8 Å². The number of rotatable bonds is 5. The third kappa shape index (κ3) is 6.26. The summed E-state index contributed by atoms with van der Waals surface area (Å²) in [4.78, 5) is 23.0. The van der Waals surface area contributed by atoms with Gasteiger partial charge in [0.25, 0.3) is 0 Å². The first-order valence-corrected chi connectivity index (χ1v) is 7.58.